The van der Waals surface area contributed by atoms with Crippen molar-refractivity contribution in [2.45, 2.75) is 50.4 Å². The zero-order valence-electron chi connectivity index (χ0n) is 6.25. The third kappa shape index (κ3) is 1.06. The lowest BCUT2D eigenvalue weighted by atomic mass is 9.97. The van der Waals surface area contributed by atoms with Gasteiger partial charge in [0.2, 0.25) is 0 Å². The molecule has 2 aliphatic heterocycles. The molecule has 2 rings (SSSR count). The van der Waals surface area contributed by atoms with E-state index >= 15 is 0 Å². The van der Waals surface area contributed by atoms with E-state index in [1.165, 1.54) is 32.1 Å². The van der Waals surface area contributed by atoms with Gasteiger partial charge in [-0.05, 0) is 32.1 Å². The Balaban J connectivity index is 2.03. The third-order valence-corrected chi connectivity index (χ3v) is 2.68. The van der Waals surface area contributed by atoms with Gasteiger partial charge in [0.1, 0.15) is 0 Å². The van der Waals surface area contributed by atoms with Crippen LogP contribution in [0.1, 0.15) is 32.1 Å². The van der Waals surface area contributed by atoms with Gasteiger partial charge in [0.15, 0.2) is 0 Å². The smallest absolute Gasteiger partial charge is 0.0730 e. The second kappa shape index (κ2) is 2.51. The summed E-state index contributed by atoms with van der Waals surface area (Å²) in [6.07, 6.45) is 7.07. The van der Waals surface area contributed by atoms with E-state index in [9.17, 15) is 0 Å². The number of hydrogen-bond donors (Lipinski definition) is 1. The van der Waals surface area contributed by atoms with E-state index in [0.29, 0.717) is 18.2 Å². The average molecular weight is 141 g/mol. The first-order valence-electron chi connectivity index (χ1n) is 4.27. The van der Waals surface area contributed by atoms with Crippen LogP contribution in [0.2, 0.25) is 0 Å². The molecule has 2 bridgehead atoms. The second-order valence-electron chi connectivity index (χ2n) is 3.47. The summed E-state index contributed by atoms with van der Waals surface area (Å²) in [5.74, 6) is 0. The van der Waals surface area contributed by atoms with Gasteiger partial charge in [-0.2, -0.15) is 0 Å². The summed E-state index contributed by atoms with van der Waals surface area (Å²) in [7, 11) is 0. The fraction of sp³-hybridized carbons (Fsp3) is 1.00. The quantitative estimate of drug-likeness (QED) is 0.547. The van der Waals surface area contributed by atoms with Gasteiger partial charge in [-0.1, -0.05) is 0 Å². The van der Waals surface area contributed by atoms with Crippen LogP contribution < -0.4 is 5.73 Å². The van der Waals surface area contributed by atoms with Gasteiger partial charge in [0, 0.05) is 6.04 Å². The molecule has 2 nitrogen and oxygen atoms in total. The van der Waals surface area contributed by atoms with Gasteiger partial charge in [0.05, 0.1) is 12.2 Å². The van der Waals surface area contributed by atoms with Crippen LogP contribution in [0.3, 0.4) is 0 Å². The molecule has 58 valence electrons. The van der Waals surface area contributed by atoms with E-state index in [4.69, 9.17) is 10.5 Å². The number of rotatable bonds is 0. The minimum absolute atomic E-state index is 0.326. The van der Waals surface area contributed by atoms with Gasteiger partial charge >= 0.3 is 0 Å². The van der Waals surface area contributed by atoms with E-state index < -0.39 is 0 Å². The predicted molar refractivity (Wildman–Crippen MR) is 39.7 cm³/mol. The minimum atomic E-state index is 0.326. The lowest BCUT2D eigenvalue weighted by Gasteiger charge is -2.15. The molecule has 2 heteroatoms. The Morgan fingerprint density at radius 3 is 2.90 bits per heavy atom. The summed E-state index contributed by atoms with van der Waals surface area (Å²) in [5.41, 5.74) is 5.89. The standard InChI is InChI=1S/C8H15NO/c9-7-3-1-2-6-4-5-8(7)10-6/h6-8H,1-5,9H2/t6-,7-,8-/m0/s1. The van der Waals surface area contributed by atoms with Crippen molar-refractivity contribution in [3.8, 4) is 0 Å². The lowest BCUT2D eigenvalue weighted by molar-refractivity contribution is 0.0412. The van der Waals surface area contributed by atoms with Gasteiger partial charge in [-0.3, -0.25) is 0 Å². The van der Waals surface area contributed by atoms with Gasteiger partial charge < -0.3 is 10.5 Å². The summed E-state index contributed by atoms with van der Waals surface area (Å²) < 4.78 is 5.71. The topological polar surface area (TPSA) is 35.2 Å². The monoisotopic (exact) mass is 141 g/mol. The molecule has 0 aromatic carbocycles. The van der Waals surface area contributed by atoms with Crippen molar-refractivity contribution in [1.29, 1.82) is 0 Å². The van der Waals surface area contributed by atoms with Crippen LogP contribution in [0.4, 0.5) is 0 Å². The van der Waals surface area contributed by atoms with Crippen LogP contribution in [0, 0.1) is 0 Å². The number of nitrogens with two attached hydrogens (primary N) is 1. The molecule has 0 spiro atoms. The molecular weight excluding hydrogens is 126 g/mol. The van der Waals surface area contributed by atoms with Crippen molar-refractivity contribution < 1.29 is 4.74 Å². The van der Waals surface area contributed by atoms with Gasteiger partial charge in [0.25, 0.3) is 0 Å². The van der Waals surface area contributed by atoms with Gasteiger partial charge in [-0.15, -0.1) is 0 Å². The largest absolute Gasteiger partial charge is 0.373 e. The normalized spacial score (nSPS) is 47.1. The van der Waals surface area contributed by atoms with Crippen molar-refractivity contribution in [3.63, 3.8) is 0 Å². The highest BCUT2D eigenvalue weighted by atomic mass is 16.5. The summed E-state index contributed by atoms with van der Waals surface area (Å²) >= 11 is 0. The van der Waals surface area contributed by atoms with Crippen molar-refractivity contribution in [1.82, 2.24) is 0 Å². The molecule has 0 aliphatic carbocycles. The zero-order valence-corrected chi connectivity index (χ0v) is 6.25. The Kier molecular flexibility index (Phi) is 1.66. The molecule has 0 amide bonds. The zero-order chi connectivity index (χ0) is 6.97. The Morgan fingerprint density at radius 2 is 2.00 bits per heavy atom. The van der Waals surface area contributed by atoms with Crippen LogP contribution in [-0.4, -0.2) is 18.2 Å². The molecule has 0 aromatic heterocycles. The van der Waals surface area contributed by atoms with Crippen LogP contribution in [0.15, 0.2) is 0 Å². The Hall–Kier alpha value is -0.0800. The molecular formula is C8H15NO. The predicted octanol–water partition coefficient (Wildman–Crippen LogP) is 1.05. The van der Waals surface area contributed by atoms with Crippen molar-refractivity contribution in [2.75, 3.05) is 0 Å². The molecule has 0 unspecified atom stereocenters. The highest BCUT2D eigenvalue weighted by molar-refractivity contribution is 4.85. The summed E-state index contributed by atoms with van der Waals surface area (Å²) in [6, 6.07) is 0.326. The second-order valence-corrected chi connectivity index (χ2v) is 3.47. The van der Waals surface area contributed by atoms with E-state index in [1.807, 2.05) is 0 Å². The molecule has 2 heterocycles. The van der Waals surface area contributed by atoms with Gasteiger partial charge in [-0.25, -0.2) is 0 Å². The SMILES string of the molecule is N[C@H]1CCC[C@H]2CC[C@@H]1O2. The lowest BCUT2D eigenvalue weighted by Crippen LogP contribution is -2.33. The van der Waals surface area contributed by atoms with Crippen LogP contribution in [0.25, 0.3) is 0 Å². The summed E-state index contributed by atoms with van der Waals surface area (Å²) in [5, 5.41) is 0. The van der Waals surface area contributed by atoms with Crippen LogP contribution in [0.5, 0.6) is 0 Å². The first-order valence-corrected chi connectivity index (χ1v) is 4.27. The van der Waals surface area contributed by atoms with E-state index in [-0.39, 0.29) is 0 Å². The summed E-state index contributed by atoms with van der Waals surface area (Å²) in [4.78, 5) is 0. The molecule has 2 saturated heterocycles. The molecule has 10 heavy (non-hydrogen) atoms. The number of hydrogen-bond acceptors (Lipinski definition) is 2. The molecule has 0 aromatic rings. The van der Waals surface area contributed by atoms with Crippen molar-refractivity contribution in [2.24, 2.45) is 5.73 Å². The summed E-state index contributed by atoms with van der Waals surface area (Å²) in [6.45, 7) is 0. The first-order chi connectivity index (χ1) is 4.86. The van der Waals surface area contributed by atoms with E-state index in [2.05, 4.69) is 0 Å². The van der Waals surface area contributed by atoms with Crippen LogP contribution >= 0.6 is 0 Å². The highest BCUT2D eigenvalue weighted by Crippen LogP contribution is 2.30. The minimum Gasteiger partial charge on any atom is -0.373 e. The fourth-order valence-corrected chi connectivity index (χ4v) is 2.03. The average Bonchev–Trinajstić information content (AvgIpc) is 2.27. The van der Waals surface area contributed by atoms with Crippen molar-refractivity contribution >= 4 is 0 Å². The third-order valence-electron chi connectivity index (χ3n) is 2.68. The maximum atomic E-state index is 5.89. The maximum absolute atomic E-state index is 5.89. The number of ether oxygens (including phenoxy) is 1. The molecule has 0 saturated carbocycles. The Bertz CT molecular complexity index is 126. The Labute approximate surface area is 61.7 Å². The molecule has 2 aliphatic rings. The first kappa shape index (κ1) is 6.62. The fourth-order valence-electron chi connectivity index (χ4n) is 2.03. The van der Waals surface area contributed by atoms with E-state index in [1.54, 1.807) is 0 Å². The Morgan fingerprint density at radius 1 is 1.10 bits per heavy atom. The highest BCUT2D eigenvalue weighted by Gasteiger charge is 2.31. The maximum Gasteiger partial charge on any atom is 0.0730 e. The molecule has 2 N–H and O–H groups in total. The molecule has 3 atom stereocenters. The van der Waals surface area contributed by atoms with Crippen molar-refractivity contribution in [3.05, 3.63) is 0 Å². The molecule has 2 fully saturated rings. The van der Waals surface area contributed by atoms with E-state index in [0.717, 1.165) is 0 Å². The molecule has 0 radical (unpaired) electrons. The van der Waals surface area contributed by atoms with Crippen LogP contribution in [-0.2, 0) is 4.74 Å². The number of fused-ring (bicyclic) bond motifs is 2.